The molecule has 0 atom stereocenters. The van der Waals surface area contributed by atoms with Crippen molar-refractivity contribution < 1.29 is 13.3 Å². The molecular formula is C72H52N2O3S. The van der Waals surface area contributed by atoms with Gasteiger partial charge in [0.05, 0.1) is 17.1 Å². The second-order valence-corrected chi connectivity index (χ2v) is 24.3. The molecule has 6 heteroatoms. The summed E-state index contributed by atoms with van der Waals surface area (Å²) in [6.45, 7) is 4.45. The molecule has 0 radical (unpaired) electrons. The molecule has 0 aliphatic heterocycles. The number of anilines is 6. The molecule has 4 saturated carbocycles. The van der Waals surface area contributed by atoms with Gasteiger partial charge >= 0.3 is 0 Å². The normalized spacial score (nSPS) is 20.2. The van der Waals surface area contributed by atoms with E-state index in [9.17, 15) is 0 Å². The number of thiophene rings is 1. The minimum atomic E-state index is -0.155. The average molecular weight is 1030 g/mol. The van der Waals surface area contributed by atoms with E-state index in [4.69, 9.17) is 13.3 Å². The van der Waals surface area contributed by atoms with Gasteiger partial charge in [-0.2, -0.15) is 0 Å². The summed E-state index contributed by atoms with van der Waals surface area (Å²) in [5, 5.41) is 9.54. The predicted octanol–water partition coefficient (Wildman–Crippen LogP) is 21.0. The minimum Gasteiger partial charge on any atom is -0.454 e. The van der Waals surface area contributed by atoms with Gasteiger partial charge in [0.15, 0.2) is 16.7 Å². The zero-order valence-corrected chi connectivity index (χ0v) is 44.2. The SMILES string of the molecule is Cc1ccccc1N(c1ccc2c(c1)sc1cc3c(cc12)C1(c2cc(N(c4ccccc4C)c4cccc5c4oc4ccccc45)c4oc5ccccc5c4c2-3)C2CC3CC(C2)CC1C3)c1cccc2c1oc1ccccc12. The standard InChI is InChI=1S/C72H52N2O3S/c1-40-15-3-8-22-57(40)73(59-24-13-20-50-47-17-5-10-26-62(47)75-69(50)59)46-29-30-49-53-37-55-54(38-66(53)78-65(49)36-46)67-56(72(55)44-32-42-31-43(34-44)35-45(72)33-42)39-61(71-68(67)52-19-7-12-28-64(52)77-71)74(58-23-9-4-16-41(58)2)60-25-14-21-51-48-18-6-11-27-63(48)76-70(51)60/h3-30,36-39,42-45H,31-35H2,1-2H3. The van der Waals surface area contributed by atoms with Gasteiger partial charge in [0.25, 0.3) is 0 Å². The zero-order valence-electron chi connectivity index (χ0n) is 43.3. The lowest BCUT2D eigenvalue weighted by molar-refractivity contribution is -0.0398. The summed E-state index contributed by atoms with van der Waals surface area (Å²) in [5.74, 6) is 2.67. The minimum absolute atomic E-state index is 0.155. The molecule has 374 valence electrons. The molecule has 0 N–H and O–H groups in total. The van der Waals surface area contributed by atoms with Crippen LogP contribution in [0.1, 0.15) is 54.4 Å². The van der Waals surface area contributed by atoms with Gasteiger partial charge in [-0.05, 0) is 176 Å². The summed E-state index contributed by atoms with van der Waals surface area (Å²) >= 11 is 1.93. The number of hydrogen-bond donors (Lipinski definition) is 0. The van der Waals surface area contributed by atoms with E-state index in [0.29, 0.717) is 11.8 Å². The van der Waals surface area contributed by atoms with Crippen LogP contribution >= 0.6 is 11.3 Å². The fourth-order valence-electron chi connectivity index (χ4n) is 16.3. The second-order valence-electron chi connectivity index (χ2n) is 23.2. The topological polar surface area (TPSA) is 45.9 Å². The number of aryl methyl sites for hydroxylation is 2. The Morgan fingerprint density at radius 2 is 0.910 bits per heavy atom. The van der Waals surface area contributed by atoms with Crippen molar-refractivity contribution in [2.75, 3.05) is 9.80 Å². The summed E-state index contributed by atoms with van der Waals surface area (Å²) < 4.78 is 23.7. The van der Waals surface area contributed by atoms with E-state index in [1.807, 2.05) is 11.3 Å². The molecule has 4 aromatic heterocycles. The first-order valence-electron chi connectivity index (χ1n) is 28.0. The van der Waals surface area contributed by atoms with Crippen LogP contribution in [0.3, 0.4) is 0 Å². The van der Waals surface area contributed by atoms with Crippen LogP contribution in [0.4, 0.5) is 34.1 Å². The van der Waals surface area contributed by atoms with Crippen molar-refractivity contribution in [3.63, 3.8) is 0 Å². The molecule has 5 aliphatic carbocycles. The summed E-state index contributed by atoms with van der Waals surface area (Å²) in [4.78, 5) is 4.90. The Labute approximate surface area is 454 Å². The van der Waals surface area contributed by atoms with Gasteiger partial charge in [-0.3, -0.25) is 0 Å². The van der Waals surface area contributed by atoms with Crippen molar-refractivity contribution >= 4 is 131 Å². The lowest BCUT2D eigenvalue weighted by Gasteiger charge is -2.61. The second kappa shape index (κ2) is 15.8. The van der Waals surface area contributed by atoms with Crippen molar-refractivity contribution in [3.8, 4) is 11.1 Å². The van der Waals surface area contributed by atoms with Crippen LogP contribution in [0, 0.1) is 37.5 Å². The van der Waals surface area contributed by atoms with Crippen molar-refractivity contribution in [2.45, 2.75) is 51.4 Å². The van der Waals surface area contributed by atoms with Crippen molar-refractivity contribution in [1.82, 2.24) is 0 Å². The molecule has 4 fully saturated rings. The summed E-state index contributed by atoms with van der Waals surface area (Å²) in [7, 11) is 0. The molecule has 14 aromatic rings. The van der Waals surface area contributed by atoms with Crippen LogP contribution in [-0.4, -0.2) is 0 Å². The van der Waals surface area contributed by atoms with Crippen LogP contribution in [0.5, 0.6) is 0 Å². The first kappa shape index (κ1) is 43.5. The van der Waals surface area contributed by atoms with E-state index < -0.39 is 0 Å². The van der Waals surface area contributed by atoms with Gasteiger partial charge in [0.1, 0.15) is 16.7 Å². The molecule has 0 saturated heterocycles. The highest BCUT2D eigenvalue weighted by atomic mass is 32.1. The number of benzene rings is 10. The van der Waals surface area contributed by atoms with Gasteiger partial charge in [0.2, 0.25) is 0 Å². The molecule has 0 unspecified atom stereocenters. The smallest absolute Gasteiger partial charge is 0.160 e. The number of nitrogens with zero attached hydrogens (tertiary/aromatic N) is 2. The fourth-order valence-corrected chi connectivity index (χ4v) is 17.5. The van der Waals surface area contributed by atoms with Crippen LogP contribution in [0.2, 0.25) is 0 Å². The molecule has 10 aromatic carbocycles. The average Bonchev–Trinajstić information content (AvgIpc) is 3.81. The molecule has 0 amide bonds. The third-order valence-corrected chi connectivity index (χ3v) is 20.4. The molecule has 4 bridgehead atoms. The van der Waals surface area contributed by atoms with Gasteiger partial charge < -0.3 is 23.1 Å². The Hall–Kier alpha value is -8.58. The molecule has 5 nitrogen and oxygen atoms in total. The van der Waals surface area contributed by atoms with Crippen LogP contribution in [-0.2, 0) is 5.41 Å². The number of rotatable bonds is 6. The first-order chi connectivity index (χ1) is 38.5. The third-order valence-electron chi connectivity index (χ3n) is 19.3. The Balaban J connectivity index is 0.902. The lowest BCUT2D eigenvalue weighted by Crippen LogP contribution is -2.55. The molecule has 1 spiro atoms. The van der Waals surface area contributed by atoms with Crippen LogP contribution < -0.4 is 9.80 Å². The molecule has 5 aliphatic rings. The molecule has 78 heavy (non-hydrogen) atoms. The maximum Gasteiger partial charge on any atom is 0.160 e. The van der Waals surface area contributed by atoms with E-state index >= 15 is 0 Å². The van der Waals surface area contributed by atoms with E-state index in [1.54, 1.807) is 0 Å². The quantitative estimate of drug-likeness (QED) is 0.166. The highest BCUT2D eigenvalue weighted by molar-refractivity contribution is 7.25. The Morgan fingerprint density at radius 1 is 0.397 bits per heavy atom. The van der Waals surface area contributed by atoms with Crippen molar-refractivity contribution in [2.24, 2.45) is 23.7 Å². The number of fused-ring (bicyclic) bond motifs is 16. The summed E-state index contributed by atoms with van der Waals surface area (Å²) in [6.07, 6.45) is 6.52. The van der Waals surface area contributed by atoms with E-state index in [0.717, 1.165) is 101 Å². The maximum absolute atomic E-state index is 7.37. The van der Waals surface area contributed by atoms with E-state index in [1.165, 1.54) is 96.4 Å². The number of furan rings is 3. The fraction of sp³-hybridized carbons (Fsp3) is 0.167. The van der Waals surface area contributed by atoms with Gasteiger partial charge in [-0.25, -0.2) is 0 Å². The van der Waals surface area contributed by atoms with Gasteiger partial charge in [0, 0.05) is 75.0 Å². The van der Waals surface area contributed by atoms with Crippen LogP contribution in [0.25, 0.3) is 97.1 Å². The van der Waals surface area contributed by atoms with Gasteiger partial charge in [-0.15, -0.1) is 11.3 Å². The zero-order chi connectivity index (χ0) is 51.1. The molecular weight excluding hydrogens is 973 g/mol. The van der Waals surface area contributed by atoms with Crippen molar-refractivity contribution in [1.29, 1.82) is 0 Å². The monoisotopic (exact) mass is 1020 g/mol. The first-order valence-corrected chi connectivity index (χ1v) is 28.8. The van der Waals surface area contributed by atoms with E-state index in [-0.39, 0.29) is 5.41 Å². The molecule has 19 rings (SSSR count). The molecule has 4 heterocycles. The predicted molar refractivity (Wildman–Crippen MR) is 323 cm³/mol. The van der Waals surface area contributed by atoms with Crippen LogP contribution in [0.15, 0.2) is 207 Å². The Bertz CT molecular complexity index is 4860. The lowest BCUT2D eigenvalue weighted by atomic mass is 9.43. The summed E-state index contributed by atoms with van der Waals surface area (Å²) in [5.41, 5.74) is 19.9. The van der Waals surface area contributed by atoms with E-state index in [2.05, 4.69) is 218 Å². The highest BCUT2D eigenvalue weighted by Crippen LogP contribution is 2.71. The largest absolute Gasteiger partial charge is 0.454 e. The Kier molecular flexibility index (Phi) is 8.80. The summed E-state index contributed by atoms with van der Waals surface area (Å²) in [6, 6.07) is 71.5. The van der Waals surface area contributed by atoms with Crippen molar-refractivity contribution in [3.05, 3.63) is 216 Å². The Morgan fingerprint density at radius 3 is 1.55 bits per heavy atom. The highest BCUT2D eigenvalue weighted by Gasteiger charge is 2.62. The number of hydrogen-bond acceptors (Lipinski definition) is 6. The van der Waals surface area contributed by atoms with Gasteiger partial charge in [-0.1, -0.05) is 121 Å². The number of para-hydroxylation sites is 7. The third kappa shape index (κ3) is 5.75. The maximum atomic E-state index is 7.37.